The Hall–Kier alpha value is -3.18. The van der Waals surface area contributed by atoms with Crippen LogP contribution >= 0.6 is 11.9 Å². The SMILES string of the molecule is CCCN(CC)C1CCN(SC2=C(N)C=C(Nc3cc(-c4ccc5cnn(C)c5c4)ncn3)C(OC)C=C2)C1. The zero-order chi connectivity index (χ0) is 27.4. The quantitative estimate of drug-likeness (QED) is 0.355. The van der Waals surface area contributed by atoms with Crippen LogP contribution in [0, 0.1) is 0 Å². The van der Waals surface area contributed by atoms with Crippen molar-refractivity contribution in [2.24, 2.45) is 12.8 Å². The Morgan fingerprint density at radius 3 is 2.90 bits per heavy atom. The number of nitrogens with one attached hydrogen (secondary N) is 1. The number of rotatable bonds is 10. The molecule has 0 spiro atoms. The third-order valence-electron chi connectivity index (χ3n) is 7.35. The van der Waals surface area contributed by atoms with E-state index in [1.807, 2.05) is 36.1 Å². The molecule has 1 aliphatic carbocycles. The van der Waals surface area contributed by atoms with Crippen LogP contribution in [0.25, 0.3) is 22.2 Å². The highest BCUT2D eigenvalue weighted by Crippen LogP contribution is 2.32. The fourth-order valence-corrected chi connectivity index (χ4v) is 6.27. The van der Waals surface area contributed by atoms with Crippen LogP contribution in [0.4, 0.5) is 5.82 Å². The number of hydrogen-bond donors (Lipinski definition) is 2. The molecule has 3 heterocycles. The van der Waals surface area contributed by atoms with E-state index in [0.717, 1.165) is 58.9 Å². The zero-order valence-corrected chi connectivity index (χ0v) is 24.0. The highest BCUT2D eigenvalue weighted by Gasteiger charge is 2.28. The van der Waals surface area contributed by atoms with Gasteiger partial charge in [-0.3, -0.25) is 9.58 Å². The average molecular weight is 547 g/mol. The van der Waals surface area contributed by atoms with Crippen LogP contribution in [0.3, 0.4) is 0 Å². The van der Waals surface area contributed by atoms with Crippen LogP contribution in [0.2, 0.25) is 0 Å². The van der Waals surface area contributed by atoms with Gasteiger partial charge in [-0.05, 0) is 62.2 Å². The number of anilines is 1. The molecule has 39 heavy (non-hydrogen) atoms. The van der Waals surface area contributed by atoms with E-state index in [1.165, 1.54) is 12.8 Å². The highest BCUT2D eigenvalue weighted by atomic mass is 32.2. The fraction of sp³-hybridized carbons (Fsp3) is 0.414. The van der Waals surface area contributed by atoms with Gasteiger partial charge in [0.1, 0.15) is 18.2 Å². The molecule has 1 aromatic carbocycles. The molecule has 2 aliphatic rings. The summed E-state index contributed by atoms with van der Waals surface area (Å²) < 4.78 is 10.1. The van der Waals surface area contributed by atoms with E-state index in [2.05, 4.69) is 67.7 Å². The van der Waals surface area contributed by atoms with E-state index in [-0.39, 0.29) is 6.10 Å². The number of ether oxygens (including phenoxy) is 1. The average Bonchev–Trinajstić information content (AvgIpc) is 3.53. The lowest BCUT2D eigenvalue weighted by Gasteiger charge is -2.27. The van der Waals surface area contributed by atoms with Gasteiger partial charge < -0.3 is 15.8 Å². The van der Waals surface area contributed by atoms with Gasteiger partial charge in [-0.25, -0.2) is 14.3 Å². The van der Waals surface area contributed by atoms with Crippen LogP contribution in [0.15, 0.2) is 71.3 Å². The second kappa shape index (κ2) is 12.3. The van der Waals surface area contributed by atoms with Crippen LogP contribution in [0.5, 0.6) is 0 Å². The summed E-state index contributed by atoms with van der Waals surface area (Å²) in [6.07, 6.45) is 11.6. The Kier molecular flexibility index (Phi) is 8.66. The van der Waals surface area contributed by atoms with Crippen molar-refractivity contribution in [1.29, 1.82) is 0 Å². The first-order valence-corrected chi connectivity index (χ1v) is 14.4. The predicted octanol–water partition coefficient (Wildman–Crippen LogP) is 4.54. The molecule has 2 atom stereocenters. The number of hydrogen-bond acceptors (Lipinski definition) is 9. The second-order valence-electron chi connectivity index (χ2n) is 9.94. The molecule has 0 bridgehead atoms. The summed E-state index contributed by atoms with van der Waals surface area (Å²) in [7, 11) is 3.64. The number of fused-ring (bicyclic) bond motifs is 1. The van der Waals surface area contributed by atoms with Gasteiger partial charge in [0.05, 0.1) is 23.1 Å². The maximum absolute atomic E-state index is 6.62. The van der Waals surface area contributed by atoms with E-state index in [1.54, 1.807) is 25.4 Å². The van der Waals surface area contributed by atoms with Gasteiger partial charge in [0.25, 0.3) is 0 Å². The normalized spacial score (nSPS) is 20.2. The van der Waals surface area contributed by atoms with E-state index in [9.17, 15) is 0 Å². The summed E-state index contributed by atoms with van der Waals surface area (Å²) in [5, 5.41) is 8.87. The van der Waals surface area contributed by atoms with E-state index >= 15 is 0 Å². The minimum Gasteiger partial charge on any atom is -0.398 e. The van der Waals surface area contributed by atoms with Crippen LogP contribution in [-0.4, -0.2) is 74.4 Å². The molecule has 10 heteroatoms. The van der Waals surface area contributed by atoms with Crippen LogP contribution in [0.1, 0.15) is 26.7 Å². The molecule has 0 amide bonds. The molecule has 206 valence electrons. The van der Waals surface area contributed by atoms with Crippen molar-refractivity contribution in [2.75, 3.05) is 38.6 Å². The summed E-state index contributed by atoms with van der Waals surface area (Å²) >= 11 is 1.74. The Bertz CT molecular complexity index is 1400. The van der Waals surface area contributed by atoms with Gasteiger partial charge in [0.15, 0.2) is 0 Å². The van der Waals surface area contributed by atoms with Crippen molar-refractivity contribution in [2.45, 2.75) is 38.8 Å². The molecule has 1 saturated heterocycles. The van der Waals surface area contributed by atoms with Gasteiger partial charge in [-0.1, -0.05) is 26.0 Å². The number of benzene rings is 1. The predicted molar refractivity (Wildman–Crippen MR) is 160 cm³/mol. The van der Waals surface area contributed by atoms with Crippen molar-refractivity contribution in [3.8, 4) is 11.3 Å². The zero-order valence-electron chi connectivity index (χ0n) is 23.2. The number of nitrogens with two attached hydrogens (primary N) is 1. The maximum atomic E-state index is 6.62. The van der Waals surface area contributed by atoms with Crippen molar-refractivity contribution < 1.29 is 4.74 Å². The summed E-state index contributed by atoms with van der Waals surface area (Å²) in [6, 6.07) is 8.74. The van der Waals surface area contributed by atoms with E-state index in [0.29, 0.717) is 17.6 Å². The third-order valence-corrected chi connectivity index (χ3v) is 8.51. The Labute approximate surface area is 234 Å². The summed E-state index contributed by atoms with van der Waals surface area (Å²) in [5.41, 5.74) is 11.0. The molecule has 2 unspecified atom stereocenters. The first-order valence-electron chi connectivity index (χ1n) is 13.6. The molecule has 2 aromatic heterocycles. The van der Waals surface area contributed by atoms with Crippen molar-refractivity contribution in [1.82, 2.24) is 29.0 Å². The topological polar surface area (TPSA) is 97.4 Å². The van der Waals surface area contributed by atoms with Crippen molar-refractivity contribution >= 4 is 28.7 Å². The number of allylic oxidation sites excluding steroid dienone is 2. The van der Waals surface area contributed by atoms with Gasteiger partial charge >= 0.3 is 0 Å². The van der Waals surface area contributed by atoms with Crippen molar-refractivity contribution in [3.05, 3.63) is 71.3 Å². The van der Waals surface area contributed by atoms with Gasteiger partial charge in [-0.2, -0.15) is 5.10 Å². The number of aryl methyl sites for hydroxylation is 1. The second-order valence-corrected chi connectivity index (χ2v) is 11.1. The molecule has 9 nitrogen and oxygen atoms in total. The minimum atomic E-state index is -0.280. The first-order chi connectivity index (χ1) is 19.0. The maximum Gasteiger partial charge on any atom is 0.134 e. The smallest absolute Gasteiger partial charge is 0.134 e. The van der Waals surface area contributed by atoms with E-state index < -0.39 is 0 Å². The molecule has 0 saturated carbocycles. The van der Waals surface area contributed by atoms with Crippen LogP contribution in [-0.2, 0) is 11.8 Å². The third kappa shape index (κ3) is 6.19. The summed E-state index contributed by atoms with van der Waals surface area (Å²) in [4.78, 5) is 12.6. The lowest BCUT2D eigenvalue weighted by Crippen LogP contribution is -2.37. The standard InChI is InChI=1S/C29H38N8OS/c1-5-12-36(6-2)22-11-13-37(18-22)39-28-10-9-27(38-4)25(15-23(28)30)34-29-16-24(31-19-32-29)20-7-8-21-17-33-35(3)26(21)14-20/h7-10,14-17,19,22,27H,5-6,11-13,18,30H2,1-4H3,(H,31,32,34). The van der Waals surface area contributed by atoms with Gasteiger partial charge in [0, 0.05) is 60.9 Å². The first kappa shape index (κ1) is 27.4. The van der Waals surface area contributed by atoms with Crippen molar-refractivity contribution in [3.63, 3.8) is 0 Å². The fourth-order valence-electron chi connectivity index (χ4n) is 5.24. The molecule has 3 N–H and O–H groups in total. The number of nitrogens with zero attached hydrogens (tertiary/aromatic N) is 6. The molecule has 0 radical (unpaired) electrons. The number of aromatic nitrogens is 4. The van der Waals surface area contributed by atoms with E-state index in [4.69, 9.17) is 10.5 Å². The molecule has 1 fully saturated rings. The largest absolute Gasteiger partial charge is 0.398 e. The number of methoxy groups -OCH3 is 1. The summed E-state index contributed by atoms with van der Waals surface area (Å²) in [6.45, 7) is 8.85. The Morgan fingerprint density at radius 1 is 1.23 bits per heavy atom. The lowest BCUT2D eigenvalue weighted by atomic mass is 10.1. The molecule has 3 aromatic rings. The molecular weight excluding hydrogens is 508 g/mol. The highest BCUT2D eigenvalue weighted by molar-refractivity contribution is 8.01. The summed E-state index contributed by atoms with van der Waals surface area (Å²) in [5.74, 6) is 0.675. The Morgan fingerprint density at radius 2 is 2.10 bits per heavy atom. The molecule has 1 aliphatic heterocycles. The molecular formula is C29H38N8OS. The van der Waals surface area contributed by atoms with Gasteiger partial charge in [0.2, 0.25) is 0 Å². The van der Waals surface area contributed by atoms with Gasteiger partial charge in [-0.15, -0.1) is 0 Å². The Balaban J connectivity index is 1.33. The number of likely N-dealkylation sites (N-methyl/N-ethyl adjacent to an activating group) is 1. The minimum absolute atomic E-state index is 0.280. The lowest BCUT2D eigenvalue weighted by molar-refractivity contribution is 0.169. The van der Waals surface area contributed by atoms with Crippen LogP contribution < -0.4 is 11.1 Å². The molecule has 5 rings (SSSR count). The monoisotopic (exact) mass is 546 g/mol.